The lowest BCUT2D eigenvalue weighted by molar-refractivity contribution is -0.138. The molecule has 3 N–H and O–H groups in total. The lowest BCUT2D eigenvalue weighted by Gasteiger charge is -2.26. The first-order valence-corrected chi connectivity index (χ1v) is 12.6. The summed E-state index contributed by atoms with van der Waals surface area (Å²) >= 11 is 5.93. The second-order valence-electron chi connectivity index (χ2n) is 9.38. The van der Waals surface area contributed by atoms with Gasteiger partial charge in [0, 0.05) is 29.4 Å². The number of piperidine rings is 1. The Morgan fingerprint density at radius 2 is 1.90 bits per heavy atom. The number of rotatable bonds is 5. The van der Waals surface area contributed by atoms with Gasteiger partial charge in [0.1, 0.15) is 23.6 Å². The van der Waals surface area contributed by atoms with Crippen molar-refractivity contribution in [3.05, 3.63) is 77.1 Å². The second-order valence-corrected chi connectivity index (χ2v) is 9.76. The van der Waals surface area contributed by atoms with Gasteiger partial charge in [-0.2, -0.15) is 5.10 Å². The number of nitrogens with zero attached hydrogens (tertiary/aromatic N) is 6. The number of primary amides is 1. The number of aromatic nitrogens is 5. The van der Waals surface area contributed by atoms with Gasteiger partial charge in [0.2, 0.25) is 17.6 Å². The number of likely N-dealkylation sites (tertiary alicyclic amines) is 1. The van der Waals surface area contributed by atoms with Gasteiger partial charge >= 0.3 is 0 Å². The van der Waals surface area contributed by atoms with Crippen molar-refractivity contribution in [1.82, 2.24) is 29.6 Å². The molecule has 39 heavy (non-hydrogen) atoms. The Morgan fingerprint density at radius 3 is 2.67 bits per heavy atom. The molecule has 12 heteroatoms. The molecule has 194 valence electrons. The first-order chi connectivity index (χ1) is 18.9. The van der Waals surface area contributed by atoms with Crippen molar-refractivity contribution in [3.63, 3.8) is 0 Å². The second kappa shape index (κ2) is 9.81. The molecule has 1 aliphatic carbocycles. The smallest absolute Gasteiger partial charge is 0.269 e. The number of nitrogens with two attached hydrogens (primary N) is 1. The minimum Gasteiger partial charge on any atom is -0.364 e. The number of amides is 3. The van der Waals surface area contributed by atoms with Crippen molar-refractivity contribution in [1.29, 1.82) is 0 Å². The summed E-state index contributed by atoms with van der Waals surface area (Å²) < 4.78 is 1.44. The molecular formula is C27H21ClN8O3. The van der Waals surface area contributed by atoms with E-state index in [0.717, 1.165) is 6.42 Å². The van der Waals surface area contributed by atoms with Crippen molar-refractivity contribution in [2.75, 3.05) is 5.32 Å². The van der Waals surface area contributed by atoms with Crippen LogP contribution in [-0.2, 0) is 16.1 Å². The first-order valence-electron chi connectivity index (χ1n) is 12.2. The van der Waals surface area contributed by atoms with E-state index in [1.807, 2.05) is 0 Å². The molecule has 2 aliphatic rings. The fourth-order valence-corrected chi connectivity index (χ4v) is 5.16. The van der Waals surface area contributed by atoms with Crippen molar-refractivity contribution in [3.8, 4) is 11.8 Å². The van der Waals surface area contributed by atoms with Crippen LogP contribution in [0.25, 0.3) is 10.9 Å². The van der Waals surface area contributed by atoms with Crippen LogP contribution in [0, 0.1) is 17.8 Å². The van der Waals surface area contributed by atoms with E-state index >= 15 is 0 Å². The average Bonchev–Trinajstić information content (AvgIpc) is 3.43. The lowest BCUT2D eigenvalue weighted by Crippen LogP contribution is -2.46. The van der Waals surface area contributed by atoms with E-state index in [1.165, 1.54) is 4.68 Å². The average molecular weight is 541 g/mol. The van der Waals surface area contributed by atoms with E-state index in [4.69, 9.17) is 17.3 Å². The van der Waals surface area contributed by atoms with Crippen LogP contribution < -0.4 is 11.1 Å². The van der Waals surface area contributed by atoms with E-state index in [9.17, 15) is 14.4 Å². The number of halogens is 1. The van der Waals surface area contributed by atoms with Crippen LogP contribution in [0.1, 0.15) is 34.7 Å². The number of carbonyl (C=O) groups excluding carboxylic acids is 3. The van der Waals surface area contributed by atoms with E-state index in [1.54, 1.807) is 59.8 Å². The molecule has 1 aliphatic heterocycles. The summed E-state index contributed by atoms with van der Waals surface area (Å²) in [6, 6.07) is 11.2. The molecule has 3 unspecified atom stereocenters. The van der Waals surface area contributed by atoms with Crippen LogP contribution in [0.2, 0.25) is 5.15 Å². The summed E-state index contributed by atoms with van der Waals surface area (Å²) in [7, 11) is 0. The van der Waals surface area contributed by atoms with Gasteiger partial charge in [0.25, 0.3) is 5.91 Å². The number of hydrogen-bond acceptors (Lipinski definition) is 7. The van der Waals surface area contributed by atoms with Crippen LogP contribution in [0.4, 0.5) is 5.82 Å². The maximum Gasteiger partial charge on any atom is 0.269 e. The molecule has 11 nitrogen and oxygen atoms in total. The zero-order valence-corrected chi connectivity index (χ0v) is 21.2. The molecule has 0 bridgehead atoms. The van der Waals surface area contributed by atoms with Crippen LogP contribution in [-0.4, -0.2) is 59.4 Å². The molecule has 3 aromatic heterocycles. The molecule has 0 spiro atoms. The molecule has 4 heterocycles. The summed E-state index contributed by atoms with van der Waals surface area (Å²) in [4.78, 5) is 52.7. The number of carbonyl (C=O) groups is 3. The van der Waals surface area contributed by atoms with Crippen molar-refractivity contribution < 1.29 is 14.4 Å². The number of pyridine rings is 1. The zero-order chi connectivity index (χ0) is 27.1. The fourth-order valence-electron chi connectivity index (χ4n) is 5.00. The highest BCUT2D eigenvalue weighted by Gasteiger charge is 2.56. The van der Waals surface area contributed by atoms with Crippen LogP contribution in [0.3, 0.4) is 0 Å². The molecule has 6 rings (SSSR count). The third-order valence-electron chi connectivity index (χ3n) is 6.81. The minimum absolute atomic E-state index is 0.0000836. The van der Waals surface area contributed by atoms with Crippen molar-refractivity contribution >= 4 is 46.0 Å². The molecule has 4 aromatic rings. The summed E-state index contributed by atoms with van der Waals surface area (Å²) in [6.45, 7) is -0.158. The predicted octanol–water partition coefficient (Wildman–Crippen LogP) is 2.00. The largest absolute Gasteiger partial charge is 0.364 e. The quantitative estimate of drug-likeness (QED) is 0.290. The van der Waals surface area contributed by atoms with Crippen molar-refractivity contribution in [2.24, 2.45) is 11.7 Å². The third-order valence-corrected chi connectivity index (χ3v) is 7.03. The number of benzene rings is 1. The number of fused-ring (bicyclic) bond motifs is 2. The number of hydrogen-bond donors (Lipinski definition) is 2. The Kier molecular flexibility index (Phi) is 6.17. The Morgan fingerprint density at radius 1 is 1.08 bits per heavy atom. The topological polar surface area (TPSA) is 149 Å². The fraction of sp³-hybridized carbons (Fsp3) is 0.222. The lowest BCUT2D eigenvalue weighted by atomic mass is 10.1. The molecule has 1 aromatic carbocycles. The maximum atomic E-state index is 13.5. The summed E-state index contributed by atoms with van der Waals surface area (Å²) in [6.07, 6.45) is 4.62. The van der Waals surface area contributed by atoms with Gasteiger partial charge in [-0.1, -0.05) is 23.6 Å². The molecule has 1 saturated carbocycles. The van der Waals surface area contributed by atoms with Crippen LogP contribution in [0.5, 0.6) is 0 Å². The van der Waals surface area contributed by atoms with Gasteiger partial charge in [0.05, 0.1) is 5.52 Å². The molecule has 3 amide bonds. The van der Waals surface area contributed by atoms with Gasteiger partial charge in [-0.25, -0.2) is 15.0 Å². The van der Waals surface area contributed by atoms with Crippen molar-refractivity contribution in [2.45, 2.75) is 31.5 Å². The first kappa shape index (κ1) is 24.5. The molecular weight excluding hydrogens is 520 g/mol. The minimum atomic E-state index is -0.725. The Labute approximate surface area is 227 Å². The Bertz CT molecular complexity index is 1690. The summed E-state index contributed by atoms with van der Waals surface area (Å²) in [5.41, 5.74) is 6.79. The third kappa shape index (κ3) is 4.89. The van der Waals surface area contributed by atoms with E-state index in [0.29, 0.717) is 34.5 Å². The standard InChI is InChI=1S/C27H21ClN8O3/c28-21-3-1-4-23(32-21)33-27(39)20-13-16-12-19(16)36(20)24(37)14-35-18-7-5-15(6-8-22-30-9-2-10-31-22)11-17(18)25(34-35)26(29)38/h1-5,7,9-11,16,19-20H,12-14H2,(H2,29,38)(H,32,33,39). The highest BCUT2D eigenvalue weighted by atomic mass is 35.5. The normalized spacial score (nSPS) is 19.2. The molecule has 1 saturated heterocycles. The molecule has 0 radical (unpaired) electrons. The Balaban J connectivity index is 1.25. The van der Waals surface area contributed by atoms with E-state index in [-0.39, 0.29) is 41.2 Å². The van der Waals surface area contributed by atoms with E-state index < -0.39 is 11.9 Å². The van der Waals surface area contributed by atoms with Crippen LogP contribution in [0.15, 0.2) is 54.9 Å². The number of anilines is 1. The highest BCUT2D eigenvalue weighted by molar-refractivity contribution is 6.29. The van der Waals surface area contributed by atoms with Crippen LogP contribution >= 0.6 is 11.6 Å². The van der Waals surface area contributed by atoms with Gasteiger partial charge in [-0.05, 0) is 61.1 Å². The van der Waals surface area contributed by atoms with Gasteiger partial charge in [0.15, 0.2) is 5.69 Å². The van der Waals surface area contributed by atoms with E-state index in [2.05, 4.69) is 37.2 Å². The van der Waals surface area contributed by atoms with Gasteiger partial charge in [-0.3, -0.25) is 19.1 Å². The predicted molar refractivity (Wildman–Crippen MR) is 141 cm³/mol. The SMILES string of the molecule is NC(=O)c1nn(CC(=O)N2C(C(=O)Nc3cccc(Cl)n3)CC3CC32)c2ccc(C#Cc3ncccn3)cc12. The Hall–Kier alpha value is -4.82. The summed E-state index contributed by atoms with van der Waals surface area (Å²) in [5, 5.41) is 7.83. The molecule has 3 atom stereocenters. The van der Waals surface area contributed by atoms with Gasteiger partial charge in [-0.15, -0.1) is 0 Å². The summed E-state index contributed by atoms with van der Waals surface area (Å²) in [5.74, 6) is 5.49. The monoisotopic (exact) mass is 540 g/mol. The van der Waals surface area contributed by atoms with Gasteiger partial charge < -0.3 is 16.0 Å². The molecule has 2 fully saturated rings. The highest BCUT2D eigenvalue weighted by Crippen LogP contribution is 2.48. The maximum absolute atomic E-state index is 13.5. The zero-order valence-electron chi connectivity index (χ0n) is 20.4. The number of nitrogens with one attached hydrogen (secondary N) is 1.